The lowest BCUT2D eigenvalue weighted by Gasteiger charge is -2.18. The van der Waals surface area contributed by atoms with Crippen molar-refractivity contribution in [3.63, 3.8) is 0 Å². The molecule has 0 aliphatic heterocycles. The van der Waals surface area contributed by atoms with Gasteiger partial charge in [-0.2, -0.15) is 0 Å². The van der Waals surface area contributed by atoms with E-state index in [9.17, 15) is 14.4 Å². The van der Waals surface area contributed by atoms with Crippen LogP contribution in [0.15, 0.2) is 122 Å². The smallest absolute Gasteiger partial charge is 0.306 e. The first-order chi connectivity index (χ1) is 39.0. The largest absolute Gasteiger partial charge is 0.462 e. The monoisotopic (exact) mass is 1090 g/mol. The number of hydrogen-bond donors (Lipinski definition) is 0. The Morgan fingerprint density at radius 2 is 0.494 bits per heavy atom. The minimum Gasteiger partial charge on any atom is -0.462 e. The van der Waals surface area contributed by atoms with E-state index in [1.54, 1.807) is 0 Å². The van der Waals surface area contributed by atoms with E-state index in [2.05, 4.69) is 142 Å². The SMILES string of the molecule is CC/C=C\C/C=C\C/C=C\C/C=C\CCCCCCCCCCCCCCC(=O)OCC(COC(=O)CCCCCCC/C=C\C/C=C\CCCCC)OC(=O)CCCCCCCCCC/C=C\C/C=C\C/C=C\C/C=C\CC. The zero-order valence-corrected chi connectivity index (χ0v) is 51.6. The predicted octanol–water partition coefficient (Wildman–Crippen LogP) is 22.8. The highest BCUT2D eigenvalue weighted by Gasteiger charge is 2.19. The average molecular weight is 1100 g/mol. The molecule has 1 unspecified atom stereocenters. The zero-order chi connectivity index (χ0) is 57.1. The van der Waals surface area contributed by atoms with Crippen LogP contribution in [0.5, 0.6) is 0 Å². The van der Waals surface area contributed by atoms with Gasteiger partial charge in [0.1, 0.15) is 13.2 Å². The number of hydrogen-bond acceptors (Lipinski definition) is 6. The number of esters is 3. The molecule has 6 heteroatoms. The summed E-state index contributed by atoms with van der Waals surface area (Å²) in [5.41, 5.74) is 0. The predicted molar refractivity (Wildman–Crippen MR) is 343 cm³/mol. The van der Waals surface area contributed by atoms with Crippen molar-refractivity contribution in [1.82, 2.24) is 0 Å². The minimum atomic E-state index is -0.794. The lowest BCUT2D eigenvalue weighted by atomic mass is 10.0. The van der Waals surface area contributed by atoms with Crippen LogP contribution in [0, 0.1) is 0 Å². The van der Waals surface area contributed by atoms with E-state index in [1.165, 1.54) is 122 Å². The van der Waals surface area contributed by atoms with Crippen molar-refractivity contribution in [2.45, 2.75) is 309 Å². The van der Waals surface area contributed by atoms with Gasteiger partial charge in [0.25, 0.3) is 0 Å². The van der Waals surface area contributed by atoms with Gasteiger partial charge in [-0.05, 0) is 128 Å². The van der Waals surface area contributed by atoms with Gasteiger partial charge in [-0.15, -0.1) is 0 Å². The quantitative estimate of drug-likeness (QED) is 0.0261. The van der Waals surface area contributed by atoms with Crippen molar-refractivity contribution < 1.29 is 28.6 Å². The standard InChI is InChI=1S/C73H122O6/c1-4-7-10-13-16-19-22-25-28-30-32-34-35-36-37-39-40-42-45-48-51-54-57-60-63-66-72(75)78-69-70(68-77-71(74)65-62-59-56-53-50-47-44-27-24-21-18-15-12-9-6-3)79-73(76)67-64-61-58-55-52-49-46-43-41-38-33-31-29-26-23-20-17-14-11-8-5-2/h7-8,10-11,16-21,25-29,32-34,38,44,70H,4-6,9,12-15,22-24,30-31,35-37,39-43,45-69H2,1-3H3/b10-7-,11-8-,19-16-,20-17-,21-18-,28-25-,29-26-,34-32-,38-33-,44-27-. The highest BCUT2D eigenvalue weighted by Crippen LogP contribution is 2.16. The summed E-state index contributed by atoms with van der Waals surface area (Å²) in [5, 5.41) is 0. The normalized spacial score (nSPS) is 12.9. The Balaban J connectivity index is 4.37. The Kier molecular flexibility index (Phi) is 62.8. The van der Waals surface area contributed by atoms with Crippen LogP contribution in [0.3, 0.4) is 0 Å². The van der Waals surface area contributed by atoms with Gasteiger partial charge in [0.15, 0.2) is 6.10 Å². The summed E-state index contributed by atoms with van der Waals surface area (Å²) in [5.74, 6) is -0.905. The van der Waals surface area contributed by atoms with Gasteiger partial charge in [0, 0.05) is 19.3 Å². The first-order valence-corrected chi connectivity index (χ1v) is 33.0. The maximum absolute atomic E-state index is 12.9. The second-order valence-corrected chi connectivity index (χ2v) is 21.6. The van der Waals surface area contributed by atoms with E-state index in [4.69, 9.17) is 14.2 Å². The van der Waals surface area contributed by atoms with E-state index in [-0.39, 0.29) is 31.1 Å². The number of unbranched alkanes of at least 4 members (excludes halogenated alkanes) is 28. The topological polar surface area (TPSA) is 78.9 Å². The molecule has 0 amide bonds. The average Bonchev–Trinajstić information content (AvgIpc) is 3.45. The van der Waals surface area contributed by atoms with E-state index >= 15 is 0 Å². The van der Waals surface area contributed by atoms with Gasteiger partial charge in [0.05, 0.1) is 0 Å². The molecule has 0 aromatic heterocycles. The molecule has 0 saturated carbocycles. The molecule has 0 aliphatic carbocycles. The highest BCUT2D eigenvalue weighted by molar-refractivity contribution is 5.71. The lowest BCUT2D eigenvalue weighted by Crippen LogP contribution is -2.30. The summed E-state index contributed by atoms with van der Waals surface area (Å²) in [6, 6.07) is 0. The molecule has 0 heterocycles. The van der Waals surface area contributed by atoms with Gasteiger partial charge in [-0.3, -0.25) is 14.4 Å². The first kappa shape index (κ1) is 74.8. The third-order valence-electron chi connectivity index (χ3n) is 13.9. The fourth-order valence-electron chi connectivity index (χ4n) is 9.04. The van der Waals surface area contributed by atoms with E-state index in [0.29, 0.717) is 19.3 Å². The molecular formula is C73H122O6. The van der Waals surface area contributed by atoms with E-state index < -0.39 is 6.10 Å². The van der Waals surface area contributed by atoms with Crippen LogP contribution in [0.4, 0.5) is 0 Å². The number of rotatable bonds is 59. The molecule has 0 aromatic rings. The Morgan fingerprint density at radius 3 is 0.772 bits per heavy atom. The molecule has 0 bridgehead atoms. The Bertz CT molecular complexity index is 1640. The minimum absolute atomic E-state index is 0.0882. The Hall–Kier alpha value is -4.19. The second-order valence-electron chi connectivity index (χ2n) is 21.6. The van der Waals surface area contributed by atoms with Crippen LogP contribution in [-0.2, 0) is 28.6 Å². The number of ether oxygens (including phenoxy) is 3. The van der Waals surface area contributed by atoms with Crippen molar-refractivity contribution in [2.24, 2.45) is 0 Å². The zero-order valence-electron chi connectivity index (χ0n) is 51.6. The third-order valence-corrected chi connectivity index (χ3v) is 13.9. The number of allylic oxidation sites excluding steroid dienone is 20. The molecule has 0 N–H and O–H groups in total. The summed E-state index contributed by atoms with van der Waals surface area (Å²) in [6.45, 7) is 6.39. The van der Waals surface area contributed by atoms with E-state index in [1.807, 2.05) is 0 Å². The molecule has 6 nitrogen and oxygen atoms in total. The van der Waals surface area contributed by atoms with Gasteiger partial charge in [0.2, 0.25) is 0 Å². The number of carbonyl (C=O) groups is 3. The maximum Gasteiger partial charge on any atom is 0.306 e. The molecular weight excluding hydrogens is 973 g/mol. The van der Waals surface area contributed by atoms with Crippen LogP contribution in [0.25, 0.3) is 0 Å². The van der Waals surface area contributed by atoms with Crippen LogP contribution >= 0.6 is 0 Å². The van der Waals surface area contributed by atoms with Crippen LogP contribution in [-0.4, -0.2) is 37.2 Å². The molecule has 79 heavy (non-hydrogen) atoms. The van der Waals surface area contributed by atoms with Crippen LogP contribution in [0.1, 0.15) is 303 Å². The Labute approximate surface area is 488 Å². The summed E-state index contributed by atoms with van der Waals surface area (Å²) in [6.07, 6.45) is 92.0. The van der Waals surface area contributed by atoms with E-state index in [0.717, 1.165) is 141 Å². The van der Waals surface area contributed by atoms with Crippen LogP contribution in [0.2, 0.25) is 0 Å². The lowest BCUT2D eigenvalue weighted by molar-refractivity contribution is -0.167. The molecule has 0 aliphatic rings. The molecule has 0 saturated heterocycles. The third kappa shape index (κ3) is 64.5. The van der Waals surface area contributed by atoms with Gasteiger partial charge in [-0.1, -0.05) is 277 Å². The molecule has 0 spiro atoms. The molecule has 0 radical (unpaired) electrons. The second kappa shape index (κ2) is 66.3. The maximum atomic E-state index is 12.9. The summed E-state index contributed by atoms with van der Waals surface area (Å²) in [7, 11) is 0. The number of carbonyl (C=O) groups excluding carboxylic acids is 3. The summed E-state index contributed by atoms with van der Waals surface area (Å²) in [4.78, 5) is 38.4. The van der Waals surface area contributed by atoms with Crippen molar-refractivity contribution in [3.8, 4) is 0 Å². The van der Waals surface area contributed by atoms with Crippen molar-refractivity contribution in [1.29, 1.82) is 0 Å². The summed E-state index contributed by atoms with van der Waals surface area (Å²) >= 11 is 0. The molecule has 0 aromatic carbocycles. The van der Waals surface area contributed by atoms with Crippen molar-refractivity contribution in [3.05, 3.63) is 122 Å². The summed E-state index contributed by atoms with van der Waals surface area (Å²) < 4.78 is 16.9. The van der Waals surface area contributed by atoms with Gasteiger partial charge < -0.3 is 14.2 Å². The highest BCUT2D eigenvalue weighted by atomic mass is 16.6. The van der Waals surface area contributed by atoms with Gasteiger partial charge >= 0.3 is 17.9 Å². The van der Waals surface area contributed by atoms with Crippen LogP contribution < -0.4 is 0 Å². The molecule has 0 rings (SSSR count). The van der Waals surface area contributed by atoms with Crippen molar-refractivity contribution in [2.75, 3.05) is 13.2 Å². The Morgan fingerprint density at radius 1 is 0.266 bits per heavy atom. The van der Waals surface area contributed by atoms with Gasteiger partial charge in [-0.25, -0.2) is 0 Å². The molecule has 0 fully saturated rings. The molecule has 450 valence electrons. The van der Waals surface area contributed by atoms with Crippen molar-refractivity contribution >= 4 is 17.9 Å². The fourth-order valence-corrected chi connectivity index (χ4v) is 9.04. The fraction of sp³-hybridized carbons (Fsp3) is 0.685. The molecule has 1 atom stereocenters. The first-order valence-electron chi connectivity index (χ1n) is 33.0.